The van der Waals surface area contributed by atoms with Crippen LogP contribution in [0.5, 0.6) is 0 Å². The summed E-state index contributed by atoms with van der Waals surface area (Å²) in [5.41, 5.74) is 7.13. The molecule has 2 amide bonds. The second kappa shape index (κ2) is 7.08. The molecule has 1 aliphatic heterocycles. The number of piperidine rings is 1. The minimum atomic E-state index is -0.863. The number of nitrogens with zero attached hydrogens (tertiary/aromatic N) is 1. The van der Waals surface area contributed by atoms with Crippen LogP contribution >= 0.6 is 0 Å². The molecule has 1 fully saturated rings. The van der Waals surface area contributed by atoms with Gasteiger partial charge in [-0.1, -0.05) is 12.1 Å². The summed E-state index contributed by atoms with van der Waals surface area (Å²) in [6.45, 7) is 2.14. The Morgan fingerprint density at radius 3 is 2.38 bits per heavy atom. The molecule has 0 aromatic heterocycles. The maximum absolute atomic E-state index is 12.0. The highest BCUT2D eigenvalue weighted by molar-refractivity contribution is 5.94. The first kappa shape index (κ1) is 15.3. The molecule has 21 heavy (non-hydrogen) atoms. The SMILES string of the molecule is NCc1ccc(C(=O)NCC2CCN(C(=O)O)CC2)cc1. The number of nitrogens with two attached hydrogens (primary N) is 1. The zero-order valence-electron chi connectivity index (χ0n) is 11.9. The van der Waals surface area contributed by atoms with E-state index < -0.39 is 6.09 Å². The molecule has 114 valence electrons. The maximum Gasteiger partial charge on any atom is 0.407 e. The number of carboxylic acid groups (broad SMARTS) is 1. The summed E-state index contributed by atoms with van der Waals surface area (Å²) >= 11 is 0. The average molecular weight is 291 g/mol. The van der Waals surface area contributed by atoms with Gasteiger partial charge in [0.2, 0.25) is 0 Å². The molecule has 0 spiro atoms. The summed E-state index contributed by atoms with van der Waals surface area (Å²) in [5, 5.41) is 11.8. The van der Waals surface area contributed by atoms with Gasteiger partial charge in [0.15, 0.2) is 0 Å². The third kappa shape index (κ3) is 4.19. The summed E-state index contributed by atoms with van der Waals surface area (Å²) in [5.74, 6) is 0.243. The molecule has 4 N–H and O–H groups in total. The molecule has 0 unspecified atom stereocenters. The number of nitrogens with one attached hydrogen (secondary N) is 1. The first-order chi connectivity index (χ1) is 10.1. The van der Waals surface area contributed by atoms with Crippen LogP contribution in [0.3, 0.4) is 0 Å². The third-order valence-corrected chi connectivity index (χ3v) is 3.89. The van der Waals surface area contributed by atoms with Crippen molar-refractivity contribution >= 4 is 12.0 Å². The molecule has 0 bridgehead atoms. The number of amides is 2. The second-order valence-electron chi connectivity index (χ2n) is 5.32. The van der Waals surface area contributed by atoms with Crippen molar-refractivity contribution in [2.24, 2.45) is 11.7 Å². The first-order valence-electron chi connectivity index (χ1n) is 7.15. The number of benzene rings is 1. The van der Waals surface area contributed by atoms with Gasteiger partial charge in [-0.05, 0) is 36.5 Å². The quantitative estimate of drug-likeness (QED) is 0.778. The maximum atomic E-state index is 12.0. The van der Waals surface area contributed by atoms with Crippen molar-refractivity contribution in [3.05, 3.63) is 35.4 Å². The molecule has 2 rings (SSSR count). The largest absolute Gasteiger partial charge is 0.465 e. The van der Waals surface area contributed by atoms with Gasteiger partial charge in [-0.15, -0.1) is 0 Å². The lowest BCUT2D eigenvalue weighted by Crippen LogP contribution is -2.40. The summed E-state index contributed by atoms with van der Waals surface area (Å²) < 4.78 is 0. The fourth-order valence-electron chi connectivity index (χ4n) is 2.46. The lowest BCUT2D eigenvalue weighted by molar-refractivity contribution is 0.0928. The Balaban J connectivity index is 1.77. The third-order valence-electron chi connectivity index (χ3n) is 3.89. The van der Waals surface area contributed by atoms with E-state index in [-0.39, 0.29) is 5.91 Å². The molecule has 0 radical (unpaired) electrons. The van der Waals surface area contributed by atoms with Crippen molar-refractivity contribution < 1.29 is 14.7 Å². The van der Waals surface area contributed by atoms with E-state index in [9.17, 15) is 9.59 Å². The van der Waals surface area contributed by atoms with Crippen LogP contribution in [0.1, 0.15) is 28.8 Å². The minimum Gasteiger partial charge on any atom is -0.465 e. The van der Waals surface area contributed by atoms with Gasteiger partial charge in [0, 0.05) is 31.7 Å². The molecule has 1 saturated heterocycles. The molecule has 1 aromatic carbocycles. The lowest BCUT2D eigenvalue weighted by atomic mass is 9.97. The molecular formula is C15H21N3O3. The number of carbonyl (C=O) groups excluding carboxylic acids is 1. The number of hydrogen-bond acceptors (Lipinski definition) is 3. The number of likely N-dealkylation sites (tertiary alicyclic amines) is 1. The Hall–Kier alpha value is -2.08. The van der Waals surface area contributed by atoms with Gasteiger partial charge in [0.25, 0.3) is 5.91 Å². The molecular weight excluding hydrogens is 270 g/mol. The predicted octanol–water partition coefficient (Wildman–Crippen LogP) is 1.27. The van der Waals surface area contributed by atoms with E-state index in [1.165, 1.54) is 4.90 Å². The fourth-order valence-corrected chi connectivity index (χ4v) is 2.46. The minimum absolute atomic E-state index is 0.0979. The predicted molar refractivity (Wildman–Crippen MR) is 79.0 cm³/mol. The Morgan fingerprint density at radius 2 is 1.86 bits per heavy atom. The van der Waals surface area contributed by atoms with Gasteiger partial charge in [-0.2, -0.15) is 0 Å². The fraction of sp³-hybridized carbons (Fsp3) is 0.467. The van der Waals surface area contributed by atoms with E-state index in [2.05, 4.69) is 5.32 Å². The smallest absolute Gasteiger partial charge is 0.407 e. The Morgan fingerprint density at radius 1 is 1.24 bits per heavy atom. The Bertz CT molecular complexity index is 493. The van der Waals surface area contributed by atoms with Crippen LogP contribution in [0.4, 0.5) is 4.79 Å². The van der Waals surface area contributed by atoms with E-state index in [1.54, 1.807) is 12.1 Å². The highest BCUT2D eigenvalue weighted by Crippen LogP contribution is 2.16. The summed E-state index contributed by atoms with van der Waals surface area (Å²) in [6.07, 6.45) is 0.717. The molecule has 6 heteroatoms. The molecule has 6 nitrogen and oxygen atoms in total. The molecule has 1 aliphatic rings. The van der Waals surface area contributed by atoms with E-state index in [0.29, 0.717) is 37.7 Å². The van der Waals surface area contributed by atoms with Gasteiger partial charge in [-0.25, -0.2) is 4.79 Å². The van der Waals surface area contributed by atoms with Gasteiger partial charge in [0.05, 0.1) is 0 Å². The van der Waals surface area contributed by atoms with Crippen molar-refractivity contribution in [1.29, 1.82) is 0 Å². The van der Waals surface area contributed by atoms with Crippen LogP contribution in [0.2, 0.25) is 0 Å². The normalized spacial score (nSPS) is 15.8. The van der Waals surface area contributed by atoms with Crippen molar-refractivity contribution in [3.8, 4) is 0 Å². The molecule has 0 aliphatic carbocycles. The number of carbonyl (C=O) groups is 2. The van der Waals surface area contributed by atoms with Crippen molar-refractivity contribution in [1.82, 2.24) is 10.2 Å². The van der Waals surface area contributed by atoms with Crippen LogP contribution in [0.15, 0.2) is 24.3 Å². The second-order valence-corrected chi connectivity index (χ2v) is 5.32. The number of rotatable bonds is 4. The van der Waals surface area contributed by atoms with Gasteiger partial charge < -0.3 is 21.1 Å². The highest BCUT2D eigenvalue weighted by atomic mass is 16.4. The Kier molecular flexibility index (Phi) is 5.16. The molecule has 0 atom stereocenters. The van der Waals surface area contributed by atoms with Gasteiger partial charge in [-0.3, -0.25) is 4.79 Å². The lowest BCUT2D eigenvalue weighted by Gasteiger charge is -2.29. The molecule has 1 aromatic rings. The highest BCUT2D eigenvalue weighted by Gasteiger charge is 2.22. The molecule has 0 saturated carbocycles. The monoisotopic (exact) mass is 291 g/mol. The standard InChI is InChI=1S/C15H21N3O3/c16-9-11-1-3-13(4-2-11)14(19)17-10-12-5-7-18(8-6-12)15(20)21/h1-4,12H,5-10,16H2,(H,17,19)(H,20,21). The summed E-state index contributed by atoms with van der Waals surface area (Å²) in [4.78, 5) is 24.2. The average Bonchev–Trinajstić information content (AvgIpc) is 2.53. The van der Waals surface area contributed by atoms with Crippen LogP contribution in [-0.4, -0.2) is 41.6 Å². The van der Waals surface area contributed by atoms with Crippen molar-refractivity contribution in [3.63, 3.8) is 0 Å². The van der Waals surface area contributed by atoms with Gasteiger partial charge >= 0.3 is 6.09 Å². The van der Waals surface area contributed by atoms with E-state index in [1.807, 2.05) is 12.1 Å². The summed E-state index contributed by atoms with van der Waals surface area (Å²) in [6, 6.07) is 7.23. The van der Waals surface area contributed by atoms with Crippen molar-refractivity contribution in [2.75, 3.05) is 19.6 Å². The number of hydrogen-bond donors (Lipinski definition) is 3. The first-order valence-corrected chi connectivity index (χ1v) is 7.15. The van der Waals surface area contributed by atoms with Crippen LogP contribution in [0, 0.1) is 5.92 Å². The van der Waals surface area contributed by atoms with Crippen LogP contribution in [0.25, 0.3) is 0 Å². The topological polar surface area (TPSA) is 95.7 Å². The van der Waals surface area contributed by atoms with E-state index >= 15 is 0 Å². The molecule has 1 heterocycles. The Labute approximate surface area is 123 Å². The van der Waals surface area contributed by atoms with Gasteiger partial charge in [0.1, 0.15) is 0 Å². The summed E-state index contributed by atoms with van der Waals surface area (Å²) in [7, 11) is 0. The van der Waals surface area contributed by atoms with Crippen molar-refractivity contribution in [2.45, 2.75) is 19.4 Å². The zero-order chi connectivity index (χ0) is 15.2. The van der Waals surface area contributed by atoms with Crippen LogP contribution < -0.4 is 11.1 Å². The zero-order valence-corrected chi connectivity index (χ0v) is 11.9. The van der Waals surface area contributed by atoms with Crippen LogP contribution in [-0.2, 0) is 6.54 Å². The van der Waals surface area contributed by atoms with E-state index in [0.717, 1.165) is 18.4 Å². The van der Waals surface area contributed by atoms with E-state index in [4.69, 9.17) is 10.8 Å².